The van der Waals surface area contributed by atoms with Crippen molar-refractivity contribution in [2.75, 3.05) is 13.1 Å². The molecule has 5 rings (SSSR count). The maximum atomic E-state index is 13.4. The lowest BCUT2D eigenvalue weighted by atomic mass is 9.95. The summed E-state index contributed by atoms with van der Waals surface area (Å²) < 4.78 is 11.3. The highest BCUT2D eigenvalue weighted by atomic mass is 35.5. The van der Waals surface area contributed by atoms with E-state index in [-0.39, 0.29) is 17.7 Å². The van der Waals surface area contributed by atoms with Gasteiger partial charge in [0.25, 0.3) is 11.6 Å². The molecule has 7 nitrogen and oxygen atoms in total. The number of oxazole rings is 1. The van der Waals surface area contributed by atoms with Crippen molar-refractivity contribution in [3.8, 4) is 0 Å². The molecule has 0 bridgehead atoms. The predicted molar refractivity (Wildman–Crippen MR) is 118 cm³/mol. The number of aryl methyl sites for hydroxylation is 1. The standard InChI is InChI=1S/C23H23ClN4O3/c1-12(2)17-11-16(20-13(3)27-31-22(20)25-17)23(29)28-8-6-14(7-9-28)21-26-18-10-15(24)4-5-19(18)30-21/h4-5,10-12,14H,6-9H2,1-3H3. The summed E-state index contributed by atoms with van der Waals surface area (Å²) in [4.78, 5) is 24.5. The number of fused-ring (bicyclic) bond motifs is 2. The Morgan fingerprint density at radius 1 is 1.19 bits per heavy atom. The van der Waals surface area contributed by atoms with Gasteiger partial charge in [0.15, 0.2) is 11.5 Å². The monoisotopic (exact) mass is 438 g/mol. The molecule has 0 atom stereocenters. The van der Waals surface area contributed by atoms with Gasteiger partial charge >= 0.3 is 0 Å². The minimum atomic E-state index is -0.0107. The van der Waals surface area contributed by atoms with Gasteiger partial charge in [0.1, 0.15) is 5.52 Å². The lowest BCUT2D eigenvalue weighted by molar-refractivity contribution is 0.0708. The number of nitrogens with zero attached hydrogens (tertiary/aromatic N) is 4. The number of piperidine rings is 1. The fourth-order valence-electron chi connectivity index (χ4n) is 4.17. The number of halogens is 1. The van der Waals surface area contributed by atoms with Gasteiger partial charge in [-0.1, -0.05) is 30.6 Å². The highest BCUT2D eigenvalue weighted by Gasteiger charge is 2.30. The van der Waals surface area contributed by atoms with Gasteiger partial charge in [-0.25, -0.2) is 9.97 Å². The fraction of sp³-hybridized carbons (Fsp3) is 0.391. The van der Waals surface area contributed by atoms with Crippen molar-refractivity contribution in [3.05, 3.63) is 52.1 Å². The van der Waals surface area contributed by atoms with E-state index in [4.69, 9.17) is 20.5 Å². The third-order valence-corrected chi connectivity index (χ3v) is 6.19. The number of amides is 1. The van der Waals surface area contributed by atoms with Crippen molar-refractivity contribution in [2.24, 2.45) is 0 Å². The molecule has 1 saturated heterocycles. The van der Waals surface area contributed by atoms with Crippen molar-refractivity contribution in [3.63, 3.8) is 0 Å². The van der Waals surface area contributed by atoms with Crippen LogP contribution in [-0.4, -0.2) is 39.0 Å². The van der Waals surface area contributed by atoms with Crippen LogP contribution in [0.2, 0.25) is 5.02 Å². The van der Waals surface area contributed by atoms with Gasteiger partial charge in [0, 0.05) is 29.7 Å². The molecule has 1 aromatic carbocycles. The van der Waals surface area contributed by atoms with Crippen LogP contribution in [0.15, 0.2) is 33.2 Å². The first kappa shape index (κ1) is 20.0. The molecule has 4 aromatic rings. The Morgan fingerprint density at radius 2 is 1.97 bits per heavy atom. The molecule has 0 unspecified atom stereocenters. The van der Waals surface area contributed by atoms with E-state index < -0.39 is 0 Å². The molecule has 0 radical (unpaired) electrons. The van der Waals surface area contributed by atoms with Crippen molar-refractivity contribution >= 4 is 39.7 Å². The molecule has 31 heavy (non-hydrogen) atoms. The number of carbonyl (C=O) groups is 1. The second-order valence-electron chi connectivity index (χ2n) is 8.43. The van der Waals surface area contributed by atoms with Gasteiger partial charge < -0.3 is 13.8 Å². The zero-order valence-corrected chi connectivity index (χ0v) is 18.4. The van der Waals surface area contributed by atoms with E-state index >= 15 is 0 Å². The summed E-state index contributed by atoms with van der Waals surface area (Å²) in [6.45, 7) is 7.20. The van der Waals surface area contributed by atoms with E-state index in [2.05, 4.69) is 15.1 Å². The Bertz CT molecular complexity index is 1280. The minimum absolute atomic E-state index is 0.0107. The van der Waals surface area contributed by atoms with Crippen molar-refractivity contribution in [1.29, 1.82) is 0 Å². The number of rotatable bonds is 3. The van der Waals surface area contributed by atoms with E-state index in [1.165, 1.54) is 0 Å². The molecule has 0 aliphatic carbocycles. The van der Waals surface area contributed by atoms with Crippen LogP contribution in [0.25, 0.3) is 22.2 Å². The first-order valence-corrected chi connectivity index (χ1v) is 10.9. The minimum Gasteiger partial charge on any atom is -0.440 e. The smallest absolute Gasteiger partial charge is 0.259 e. The summed E-state index contributed by atoms with van der Waals surface area (Å²) in [6, 6.07) is 7.34. The Hall–Kier alpha value is -2.93. The first-order valence-electron chi connectivity index (χ1n) is 10.5. The van der Waals surface area contributed by atoms with Gasteiger partial charge in [-0.05, 0) is 49.9 Å². The molecule has 1 aliphatic rings. The van der Waals surface area contributed by atoms with E-state index in [1.54, 1.807) is 6.07 Å². The van der Waals surface area contributed by atoms with Crippen LogP contribution in [0.5, 0.6) is 0 Å². The zero-order chi connectivity index (χ0) is 21.7. The van der Waals surface area contributed by atoms with E-state index in [0.29, 0.717) is 46.4 Å². The largest absolute Gasteiger partial charge is 0.440 e. The SMILES string of the molecule is Cc1noc2nc(C(C)C)cc(C(=O)N3CCC(c4nc5cc(Cl)ccc5o4)CC3)c12. The second-order valence-corrected chi connectivity index (χ2v) is 8.86. The molecular formula is C23H23ClN4O3. The van der Waals surface area contributed by atoms with E-state index in [1.807, 2.05) is 43.9 Å². The summed E-state index contributed by atoms with van der Waals surface area (Å²) in [7, 11) is 0. The number of hydrogen-bond acceptors (Lipinski definition) is 6. The van der Waals surface area contributed by atoms with Crippen LogP contribution < -0.4 is 0 Å². The van der Waals surface area contributed by atoms with Gasteiger partial charge in [0.2, 0.25) is 0 Å². The highest BCUT2D eigenvalue weighted by Crippen LogP contribution is 2.32. The number of hydrogen-bond donors (Lipinski definition) is 0. The quantitative estimate of drug-likeness (QED) is 0.421. The van der Waals surface area contributed by atoms with Gasteiger partial charge in [-0.2, -0.15) is 0 Å². The summed E-state index contributed by atoms with van der Waals surface area (Å²) in [5.74, 6) is 1.06. The molecule has 8 heteroatoms. The average Bonchev–Trinajstić information content (AvgIpc) is 3.36. The van der Waals surface area contributed by atoms with E-state index in [9.17, 15) is 4.79 Å². The van der Waals surface area contributed by atoms with Gasteiger partial charge in [-0.3, -0.25) is 4.79 Å². The van der Waals surface area contributed by atoms with Crippen LogP contribution in [-0.2, 0) is 0 Å². The highest BCUT2D eigenvalue weighted by molar-refractivity contribution is 6.31. The van der Waals surface area contributed by atoms with Crippen LogP contribution in [0, 0.1) is 6.92 Å². The molecule has 4 heterocycles. The molecule has 1 fully saturated rings. The van der Waals surface area contributed by atoms with Crippen molar-refractivity contribution in [1.82, 2.24) is 20.0 Å². The zero-order valence-electron chi connectivity index (χ0n) is 17.7. The van der Waals surface area contributed by atoms with Crippen molar-refractivity contribution in [2.45, 2.75) is 45.4 Å². The third-order valence-electron chi connectivity index (χ3n) is 5.96. The number of benzene rings is 1. The third kappa shape index (κ3) is 3.57. The molecule has 160 valence electrons. The van der Waals surface area contributed by atoms with Gasteiger partial charge in [-0.15, -0.1) is 0 Å². The van der Waals surface area contributed by atoms with Crippen LogP contribution in [0.3, 0.4) is 0 Å². The van der Waals surface area contributed by atoms with Crippen molar-refractivity contribution < 1.29 is 13.7 Å². The Kier molecular flexibility index (Phi) is 4.93. The first-order chi connectivity index (χ1) is 14.9. The van der Waals surface area contributed by atoms with E-state index in [0.717, 1.165) is 29.6 Å². The maximum absolute atomic E-state index is 13.4. The summed E-state index contributed by atoms with van der Waals surface area (Å²) in [5.41, 5.74) is 4.05. The maximum Gasteiger partial charge on any atom is 0.259 e. The van der Waals surface area contributed by atoms with Gasteiger partial charge in [0.05, 0.1) is 16.6 Å². The van der Waals surface area contributed by atoms with Crippen LogP contribution >= 0.6 is 11.6 Å². The van der Waals surface area contributed by atoms with Crippen LogP contribution in [0.1, 0.15) is 66.2 Å². The molecule has 1 amide bonds. The normalized spacial score (nSPS) is 15.5. The topological polar surface area (TPSA) is 85.3 Å². The lowest BCUT2D eigenvalue weighted by Crippen LogP contribution is -2.38. The Balaban J connectivity index is 1.38. The molecule has 0 spiro atoms. The average molecular weight is 439 g/mol. The number of pyridine rings is 1. The molecule has 0 saturated carbocycles. The molecular weight excluding hydrogens is 416 g/mol. The number of likely N-dealkylation sites (tertiary alicyclic amines) is 1. The number of carbonyl (C=O) groups excluding carboxylic acids is 1. The Labute approximate surface area is 184 Å². The fourth-order valence-corrected chi connectivity index (χ4v) is 4.34. The second kappa shape index (κ2) is 7.64. The summed E-state index contributed by atoms with van der Waals surface area (Å²) in [6.07, 6.45) is 1.58. The molecule has 1 aliphatic heterocycles. The van der Waals surface area contributed by atoms with Crippen LogP contribution in [0.4, 0.5) is 0 Å². The lowest BCUT2D eigenvalue weighted by Gasteiger charge is -2.31. The Morgan fingerprint density at radius 3 is 2.71 bits per heavy atom. The summed E-state index contributed by atoms with van der Waals surface area (Å²) in [5, 5.41) is 5.37. The molecule has 0 N–H and O–H groups in total. The summed E-state index contributed by atoms with van der Waals surface area (Å²) >= 11 is 6.06. The molecule has 3 aromatic heterocycles. The number of aromatic nitrogens is 3. The predicted octanol–water partition coefficient (Wildman–Crippen LogP) is 5.47.